The molecule has 1 unspecified atom stereocenters. The second kappa shape index (κ2) is 6.90. The number of fused-ring (bicyclic) bond motifs is 1. The van der Waals surface area contributed by atoms with Gasteiger partial charge in [0.25, 0.3) is 0 Å². The van der Waals surface area contributed by atoms with Crippen LogP contribution in [0.2, 0.25) is 0 Å². The summed E-state index contributed by atoms with van der Waals surface area (Å²) < 4.78 is 11.1. The Morgan fingerprint density at radius 3 is 2.83 bits per heavy atom. The average Bonchev–Trinajstić information content (AvgIpc) is 2.39. The van der Waals surface area contributed by atoms with Crippen molar-refractivity contribution in [1.29, 1.82) is 0 Å². The Hall–Kier alpha value is -0.870. The highest BCUT2D eigenvalue weighted by Gasteiger charge is 2.11. The van der Waals surface area contributed by atoms with Crippen LogP contribution in [0.15, 0.2) is 23.1 Å². The summed E-state index contributed by atoms with van der Waals surface area (Å²) >= 11 is 1.87. The predicted octanol–water partition coefficient (Wildman–Crippen LogP) is 2.94. The summed E-state index contributed by atoms with van der Waals surface area (Å²) in [5, 5.41) is 3.42. The van der Waals surface area contributed by atoms with Gasteiger partial charge >= 0.3 is 0 Å². The highest BCUT2D eigenvalue weighted by molar-refractivity contribution is 7.99. The number of hydrogen-bond donors (Lipinski definition) is 1. The zero-order chi connectivity index (χ0) is 12.8. The van der Waals surface area contributed by atoms with Crippen LogP contribution in [0.3, 0.4) is 0 Å². The van der Waals surface area contributed by atoms with E-state index in [-0.39, 0.29) is 0 Å². The van der Waals surface area contributed by atoms with Crippen molar-refractivity contribution >= 4 is 11.8 Å². The number of rotatable bonds is 6. The van der Waals surface area contributed by atoms with Gasteiger partial charge < -0.3 is 14.8 Å². The molecule has 1 aliphatic rings. The Bertz CT molecular complexity index is 384. The van der Waals surface area contributed by atoms with Gasteiger partial charge in [0, 0.05) is 10.9 Å². The molecular formula is C14H21NO2S. The van der Waals surface area contributed by atoms with Crippen LogP contribution in [0.1, 0.15) is 20.3 Å². The zero-order valence-corrected chi connectivity index (χ0v) is 11.9. The van der Waals surface area contributed by atoms with Crippen molar-refractivity contribution in [3.63, 3.8) is 0 Å². The minimum atomic E-state index is 0.583. The molecule has 0 fully saturated rings. The van der Waals surface area contributed by atoms with Gasteiger partial charge in [-0.2, -0.15) is 0 Å². The summed E-state index contributed by atoms with van der Waals surface area (Å²) in [4.78, 5) is 1.25. The van der Waals surface area contributed by atoms with Crippen LogP contribution in [0.5, 0.6) is 11.5 Å². The van der Waals surface area contributed by atoms with Crippen LogP contribution >= 0.6 is 11.8 Å². The molecule has 1 atom stereocenters. The molecular weight excluding hydrogens is 246 g/mol. The number of nitrogens with one attached hydrogen (secondary N) is 1. The van der Waals surface area contributed by atoms with Crippen LogP contribution in [0.25, 0.3) is 0 Å². The van der Waals surface area contributed by atoms with Crippen LogP contribution in [0, 0.1) is 0 Å². The van der Waals surface area contributed by atoms with Crippen molar-refractivity contribution in [3.8, 4) is 11.5 Å². The molecule has 1 aliphatic heterocycles. The van der Waals surface area contributed by atoms with E-state index in [1.54, 1.807) is 0 Å². The summed E-state index contributed by atoms with van der Waals surface area (Å²) in [6.45, 7) is 6.71. The molecule has 4 heteroatoms. The summed E-state index contributed by atoms with van der Waals surface area (Å²) in [7, 11) is 0. The van der Waals surface area contributed by atoms with Crippen LogP contribution in [-0.2, 0) is 0 Å². The number of thioether (sulfide) groups is 1. The Morgan fingerprint density at radius 2 is 2.06 bits per heavy atom. The minimum absolute atomic E-state index is 0.583. The molecule has 0 aromatic heterocycles. The molecule has 0 saturated carbocycles. The van der Waals surface area contributed by atoms with Gasteiger partial charge in [-0.25, -0.2) is 0 Å². The number of hydrogen-bond acceptors (Lipinski definition) is 4. The lowest BCUT2D eigenvalue weighted by molar-refractivity contribution is 0.171. The Kier molecular flexibility index (Phi) is 5.20. The summed E-state index contributed by atoms with van der Waals surface area (Å²) in [6, 6.07) is 6.78. The first-order valence-electron chi connectivity index (χ1n) is 6.55. The minimum Gasteiger partial charge on any atom is -0.486 e. The summed E-state index contributed by atoms with van der Waals surface area (Å²) in [5.74, 6) is 2.87. The van der Waals surface area contributed by atoms with Crippen LogP contribution in [-0.4, -0.2) is 31.6 Å². The van der Waals surface area contributed by atoms with Crippen molar-refractivity contribution < 1.29 is 9.47 Å². The van der Waals surface area contributed by atoms with Gasteiger partial charge in [-0.05, 0) is 43.8 Å². The first-order chi connectivity index (χ1) is 8.79. The molecule has 3 nitrogen and oxygen atoms in total. The Labute approximate surface area is 113 Å². The van der Waals surface area contributed by atoms with E-state index in [1.165, 1.54) is 11.3 Å². The maximum absolute atomic E-state index is 5.58. The van der Waals surface area contributed by atoms with Crippen molar-refractivity contribution in [2.75, 3.05) is 25.5 Å². The second-order valence-electron chi connectivity index (χ2n) is 4.40. The van der Waals surface area contributed by atoms with Gasteiger partial charge in [-0.3, -0.25) is 0 Å². The lowest BCUT2D eigenvalue weighted by Gasteiger charge is -2.19. The Morgan fingerprint density at radius 1 is 1.28 bits per heavy atom. The van der Waals surface area contributed by atoms with Gasteiger partial charge in [0.05, 0.1) is 0 Å². The molecule has 1 heterocycles. The lowest BCUT2D eigenvalue weighted by Crippen LogP contribution is -2.25. The molecule has 0 saturated heterocycles. The first-order valence-corrected chi connectivity index (χ1v) is 7.54. The van der Waals surface area contributed by atoms with Gasteiger partial charge in [0.15, 0.2) is 11.5 Å². The van der Waals surface area contributed by atoms with E-state index in [0.29, 0.717) is 19.3 Å². The zero-order valence-electron chi connectivity index (χ0n) is 11.1. The summed E-state index contributed by atoms with van der Waals surface area (Å²) in [6.07, 6.45) is 1.17. The van der Waals surface area contributed by atoms with Crippen molar-refractivity contribution in [2.24, 2.45) is 0 Å². The molecule has 0 spiro atoms. The molecule has 1 aromatic rings. The van der Waals surface area contributed by atoms with Crippen molar-refractivity contribution in [1.82, 2.24) is 5.32 Å². The van der Waals surface area contributed by atoms with Gasteiger partial charge in [0.2, 0.25) is 0 Å². The third kappa shape index (κ3) is 3.82. The molecule has 0 bridgehead atoms. The van der Waals surface area contributed by atoms with Crippen LogP contribution in [0.4, 0.5) is 0 Å². The fourth-order valence-corrected chi connectivity index (χ4v) is 2.98. The van der Waals surface area contributed by atoms with Crippen molar-refractivity contribution in [3.05, 3.63) is 18.2 Å². The average molecular weight is 267 g/mol. The molecule has 0 amide bonds. The van der Waals surface area contributed by atoms with Crippen LogP contribution < -0.4 is 14.8 Å². The number of benzene rings is 1. The maximum Gasteiger partial charge on any atom is 0.162 e. The molecule has 0 radical (unpaired) electrons. The lowest BCUT2D eigenvalue weighted by atomic mass is 10.3. The highest BCUT2D eigenvalue weighted by atomic mass is 32.2. The van der Waals surface area contributed by atoms with Gasteiger partial charge in [-0.1, -0.05) is 6.92 Å². The highest BCUT2D eigenvalue weighted by Crippen LogP contribution is 2.34. The molecule has 2 rings (SSSR count). The predicted molar refractivity (Wildman–Crippen MR) is 75.9 cm³/mol. The Balaban J connectivity index is 1.82. The molecule has 0 aliphatic carbocycles. The largest absolute Gasteiger partial charge is 0.486 e. The van der Waals surface area contributed by atoms with E-state index < -0.39 is 0 Å². The monoisotopic (exact) mass is 267 g/mol. The smallest absolute Gasteiger partial charge is 0.162 e. The van der Waals surface area contributed by atoms with E-state index in [2.05, 4.69) is 31.3 Å². The number of ether oxygens (including phenoxy) is 2. The third-order valence-corrected chi connectivity index (χ3v) is 3.91. The quantitative estimate of drug-likeness (QED) is 0.803. The fraction of sp³-hybridized carbons (Fsp3) is 0.571. The molecule has 18 heavy (non-hydrogen) atoms. The maximum atomic E-state index is 5.58. The van der Waals surface area contributed by atoms with E-state index in [1.807, 2.05) is 17.8 Å². The van der Waals surface area contributed by atoms with Gasteiger partial charge in [-0.15, -0.1) is 11.8 Å². The van der Waals surface area contributed by atoms with E-state index in [9.17, 15) is 0 Å². The topological polar surface area (TPSA) is 30.5 Å². The standard InChI is InChI=1S/C14H21NO2S/c1-3-15-11(2)6-9-18-12-4-5-13-14(10-12)17-8-7-16-13/h4-5,10-11,15H,3,6-9H2,1-2H3. The first kappa shape index (κ1) is 13.6. The van der Waals surface area contributed by atoms with E-state index in [0.717, 1.165) is 23.8 Å². The van der Waals surface area contributed by atoms with Gasteiger partial charge in [0.1, 0.15) is 13.2 Å². The molecule has 1 N–H and O–H groups in total. The summed E-state index contributed by atoms with van der Waals surface area (Å²) in [5.41, 5.74) is 0. The fourth-order valence-electron chi connectivity index (χ4n) is 1.92. The normalized spacial score (nSPS) is 15.4. The van der Waals surface area contributed by atoms with E-state index >= 15 is 0 Å². The molecule has 100 valence electrons. The van der Waals surface area contributed by atoms with Crippen molar-refractivity contribution in [2.45, 2.75) is 31.2 Å². The third-order valence-electron chi connectivity index (χ3n) is 2.89. The molecule has 1 aromatic carbocycles. The SMILES string of the molecule is CCNC(C)CCSc1ccc2c(c1)OCCO2. The van der Waals surface area contributed by atoms with E-state index in [4.69, 9.17) is 9.47 Å². The second-order valence-corrected chi connectivity index (χ2v) is 5.57.